The fourth-order valence-corrected chi connectivity index (χ4v) is 5.67. The zero-order chi connectivity index (χ0) is 24.3. The Balaban J connectivity index is 1.72. The number of urea groups is 1. The molecule has 0 aliphatic heterocycles. The molecule has 2 aliphatic carbocycles. The fourth-order valence-electron chi connectivity index (χ4n) is 4.80. The second kappa shape index (κ2) is 7.89. The van der Waals surface area contributed by atoms with Crippen molar-refractivity contribution in [3.05, 3.63) is 34.3 Å². The van der Waals surface area contributed by atoms with Gasteiger partial charge in [-0.15, -0.1) is 4.36 Å². The first-order valence-electron chi connectivity index (χ1n) is 11.4. The van der Waals surface area contributed by atoms with Crippen molar-refractivity contribution in [3.8, 4) is 0 Å². The Morgan fingerprint density at radius 2 is 2.00 bits per heavy atom. The first-order chi connectivity index (χ1) is 15.2. The molecule has 0 saturated heterocycles. The lowest BCUT2D eigenvalue weighted by molar-refractivity contribution is 0.0669. The Labute approximate surface area is 195 Å². The second-order valence-electron chi connectivity index (χ2n) is 10.5. The van der Waals surface area contributed by atoms with Gasteiger partial charge in [0.15, 0.2) is 14.9 Å². The van der Waals surface area contributed by atoms with Crippen LogP contribution in [0, 0.1) is 0 Å². The van der Waals surface area contributed by atoms with Gasteiger partial charge in [-0.3, -0.25) is 9.67 Å². The number of aliphatic hydroxyl groups is 1. The van der Waals surface area contributed by atoms with Gasteiger partial charge in [-0.25, -0.2) is 14.1 Å². The molecular weight excluding hydrogens is 440 g/mol. The fraction of sp³-hybridized carbons (Fsp3) is 0.609. The lowest BCUT2D eigenvalue weighted by atomic mass is 9.90. The van der Waals surface area contributed by atoms with E-state index in [1.807, 2.05) is 13.8 Å². The molecule has 0 saturated carbocycles. The van der Waals surface area contributed by atoms with Crippen LogP contribution in [0.15, 0.2) is 15.5 Å². The van der Waals surface area contributed by atoms with Crippen LogP contribution in [0.5, 0.6) is 0 Å². The molecule has 4 rings (SSSR count). The Hall–Kier alpha value is -2.30. The SMILES string of the molecule is CC(C)n1nc([S@](N)(=O)=NC(=O)Nc2c3c(nc4c2CCC4(C)C)CCC3)cc1C(C)(C)O. The summed E-state index contributed by atoms with van der Waals surface area (Å²) in [5, 5.41) is 23.7. The van der Waals surface area contributed by atoms with E-state index in [1.54, 1.807) is 18.5 Å². The molecule has 33 heavy (non-hydrogen) atoms. The number of nitrogens with two attached hydrogens (primary N) is 1. The van der Waals surface area contributed by atoms with E-state index in [0.29, 0.717) is 5.69 Å². The van der Waals surface area contributed by atoms with Crippen molar-refractivity contribution >= 4 is 21.6 Å². The molecule has 1 atom stereocenters. The van der Waals surface area contributed by atoms with E-state index in [9.17, 15) is 14.1 Å². The van der Waals surface area contributed by atoms with Crippen molar-refractivity contribution in [3.63, 3.8) is 0 Å². The van der Waals surface area contributed by atoms with Gasteiger partial charge in [0.25, 0.3) is 0 Å². The predicted molar refractivity (Wildman–Crippen MR) is 128 cm³/mol. The number of aryl methyl sites for hydroxylation is 1. The van der Waals surface area contributed by atoms with Crippen LogP contribution in [0.3, 0.4) is 0 Å². The lowest BCUT2D eigenvalue weighted by Gasteiger charge is -2.20. The minimum atomic E-state index is -3.62. The molecule has 2 amide bonds. The maximum Gasteiger partial charge on any atom is 0.354 e. The molecule has 2 aromatic heterocycles. The maximum atomic E-state index is 13.3. The zero-order valence-electron chi connectivity index (χ0n) is 20.2. The summed E-state index contributed by atoms with van der Waals surface area (Å²) in [6.45, 7) is 11.3. The third-order valence-corrected chi connectivity index (χ3v) is 7.78. The highest BCUT2D eigenvalue weighted by atomic mass is 32.2. The zero-order valence-corrected chi connectivity index (χ0v) is 21.0. The van der Waals surface area contributed by atoms with E-state index >= 15 is 0 Å². The van der Waals surface area contributed by atoms with E-state index in [2.05, 4.69) is 28.6 Å². The molecule has 0 bridgehead atoms. The summed E-state index contributed by atoms with van der Waals surface area (Å²) in [6, 6.07) is 0.594. The van der Waals surface area contributed by atoms with Crippen LogP contribution in [-0.4, -0.2) is 30.1 Å². The van der Waals surface area contributed by atoms with Crippen molar-refractivity contribution in [1.82, 2.24) is 14.8 Å². The largest absolute Gasteiger partial charge is 0.384 e. The number of anilines is 1. The summed E-state index contributed by atoms with van der Waals surface area (Å²) in [4.78, 5) is 17.9. The molecule has 0 unspecified atom stereocenters. The number of rotatable bonds is 4. The molecule has 0 aromatic carbocycles. The van der Waals surface area contributed by atoms with E-state index < -0.39 is 21.5 Å². The number of nitrogens with one attached hydrogen (secondary N) is 1. The van der Waals surface area contributed by atoms with Crippen LogP contribution in [0.4, 0.5) is 10.5 Å². The van der Waals surface area contributed by atoms with Crippen molar-refractivity contribution in [2.24, 2.45) is 9.50 Å². The number of hydrogen-bond acceptors (Lipinski definition) is 5. The van der Waals surface area contributed by atoms with E-state index in [0.717, 1.165) is 60.3 Å². The Morgan fingerprint density at radius 1 is 1.30 bits per heavy atom. The van der Waals surface area contributed by atoms with Crippen LogP contribution in [0.2, 0.25) is 0 Å². The van der Waals surface area contributed by atoms with Gasteiger partial charge in [0.2, 0.25) is 0 Å². The van der Waals surface area contributed by atoms with E-state index in [1.165, 1.54) is 6.07 Å². The molecular formula is C23H34N6O3S. The molecule has 0 radical (unpaired) electrons. The number of hydrogen-bond donors (Lipinski definition) is 3. The number of carbonyl (C=O) groups is 1. The van der Waals surface area contributed by atoms with Crippen molar-refractivity contribution in [1.29, 1.82) is 0 Å². The molecule has 2 aliphatic rings. The van der Waals surface area contributed by atoms with Crippen LogP contribution >= 0.6 is 0 Å². The van der Waals surface area contributed by atoms with Gasteiger partial charge >= 0.3 is 6.03 Å². The molecule has 180 valence electrons. The minimum absolute atomic E-state index is 0.0326. The standard InChI is InChI=1S/C23H34N6O3S/c1-13(2)29-17(23(5,6)31)12-18(27-29)33(24,32)28-21(30)26-19-14-8-7-9-16(14)25-20-15(19)10-11-22(20,3)4/h12-13,31H,7-11H2,1-6H3,(H3,24,25,26,28,30,32)/t33-/m1/s1. The average molecular weight is 475 g/mol. The van der Waals surface area contributed by atoms with Gasteiger partial charge in [-0.2, -0.15) is 5.10 Å². The molecule has 0 fully saturated rings. The Bertz CT molecular complexity index is 1250. The maximum absolute atomic E-state index is 13.3. The summed E-state index contributed by atoms with van der Waals surface area (Å²) in [6.07, 6.45) is 4.50. The normalized spacial score (nSPS) is 18.7. The van der Waals surface area contributed by atoms with Crippen molar-refractivity contribution in [2.75, 3.05) is 5.32 Å². The minimum Gasteiger partial charge on any atom is -0.384 e. The number of fused-ring (bicyclic) bond motifs is 2. The summed E-state index contributed by atoms with van der Waals surface area (Å²) in [5.74, 6) is 0. The smallest absolute Gasteiger partial charge is 0.354 e. The van der Waals surface area contributed by atoms with Gasteiger partial charge in [0.05, 0.1) is 17.1 Å². The van der Waals surface area contributed by atoms with E-state index in [-0.39, 0.29) is 16.5 Å². The Kier molecular flexibility index (Phi) is 5.70. The molecule has 9 nitrogen and oxygen atoms in total. The van der Waals surface area contributed by atoms with Crippen LogP contribution in [0.25, 0.3) is 0 Å². The molecule has 4 N–H and O–H groups in total. The second-order valence-corrected chi connectivity index (χ2v) is 12.3. The molecule has 2 aromatic rings. The number of carbonyl (C=O) groups excluding carboxylic acids is 1. The lowest BCUT2D eigenvalue weighted by Crippen LogP contribution is -2.22. The first-order valence-corrected chi connectivity index (χ1v) is 13.0. The number of pyridine rings is 1. The summed E-state index contributed by atoms with van der Waals surface area (Å²) in [7, 11) is -3.62. The van der Waals surface area contributed by atoms with Gasteiger partial charge in [0.1, 0.15) is 5.60 Å². The Morgan fingerprint density at radius 3 is 2.61 bits per heavy atom. The number of aromatic nitrogens is 3. The number of nitrogens with zero attached hydrogens (tertiary/aromatic N) is 4. The summed E-state index contributed by atoms with van der Waals surface area (Å²) >= 11 is 0. The van der Waals surface area contributed by atoms with Gasteiger partial charge in [-0.05, 0) is 70.9 Å². The van der Waals surface area contributed by atoms with Crippen molar-refractivity contribution < 1.29 is 14.1 Å². The van der Waals surface area contributed by atoms with Crippen molar-refractivity contribution in [2.45, 2.75) is 95.7 Å². The van der Waals surface area contributed by atoms with Gasteiger partial charge in [-0.1, -0.05) is 13.8 Å². The highest BCUT2D eigenvalue weighted by Gasteiger charge is 2.36. The van der Waals surface area contributed by atoms with Crippen LogP contribution < -0.4 is 10.5 Å². The van der Waals surface area contributed by atoms with Gasteiger partial charge < -0.3 is 10.4 Å². The highest BCUT2D eigenvalue weighted by Crippen LogP contribution is 2.44. The quantitative estimate of drug-likeness (QED) is 0.620. The molecule has 0 spiro atoms. The summed E-state index contributed by atoms with van der Waals surface area (Å²) < 4.78 is 18.6. The third-order valence-electron chi connectivity index (χ3n) is 6.55. The van der Waals surface area contributed by atoms with Gasteiger partial charge in [0, 0.05) is 23.2 Å². The third kappa shape index (κ3) is 4.31. The van der Waals surface area contributed by atoms with Crippen LogP contribution in [-0.2, 0) is 40.2 Å². The van der Waals surface area contributed by atoms with E-state index in [4.69, 9.17) is 10.1 Å². The predicted octanol–water partition coefficient (Wildman–Crippen LogP) is 3.73. The highest BCUT2D eigenvalue weighted by molar-refractivity contribution is 7.91. The molecule has 2 heterocycles. The number of amides is 2. The molecule has 10 heteroatoms. The van der Waals surface area contributed by atoms with Crippen LogP contribution in [0.1, 0.15) is 88.6 Å². The first kappa shape index (κ1) is 23.8. The average Bonchev–Trinajstić information content (AvgIpc) is 3.38. The topological polar surface area (TPSA) is 135 Å². The summed E-state index contributed by atoms with van der Waals surface area (Å²) in [5.41, 5.74) is 4.07. The monoisotopic (exact) mass is 474 g/mol.